The number of nitrogens with one attached hydrogen (secondary N) is 1. The third-order valence-corrected chi connectivity index (χ3v) is 4.47. The van der Waals surface area contributed by atoms with Crippen LogP contribution in [0.3, 0.4) is 0 Å². The maximum atomic E-state index is 6.40. The van der Waals surface area contributed by atoms with Crippen molar-refractivity contribution in [3.63, 3.8) is 0 Å². The van der Waals surface area contributed by atoms with Crippen LogP contribution >= 0.6 is 0 Å². The molecule has 0 bridgehead atoms. The Balaban J connectivity index is 1.93. The molecule has 4 heteroatoms. The van der Waals surface area contributed by atoms with Gasteiger partial charge in [-0.2, -0.15) is 0 Å². The van der Waals surface area contributed by atoms with E-state index in [0.29, 0.717) is 6.04 Å². The number of hydrogen-bond donors (Lipinski definition) is 1. The number of benzene rings is 1. The van der Waals surface area contributed by atoms with E-state index in [1.54, 1.807) is 7.11 Å². The maximum absolute atomic E-state index is 6.40. The highest BCUT2D eigenvalue weighted by atomic mass is 16.5. The van der Waals surface area contributed by atoms with E-state index in [9.17, 15) is 0 Å². The Morgan fingerprint density at radius 2 is 2.20 bits per heavy atom. The van der Waals surface area contributed by atoms with Crippen LogP contribution in [0.25, 0.3) is 0 Å². The van der Waals surface area contributed by atoms with E-state index < -0.39 is 0 Å². The highest BCUT2D eigenvalue weighted by Crippen LogP contribution is 2.44. The van der Waals surface area contributed by atoms with E-state index in [1.807, 2.05) is 19.2 Å². The number of methoxy groups -OCH3 is 1. The molecule has 3 rings (SSSR count). The van der Waals surface area contributed by atoms with Crippen LogP contribution in [0.2, 0.25) is 0 Å². The highest BCUT2D eigenvalue weighted by molar-refractivity contribution is 5.44. The first kappa shape index (κ1) is 13.7. The van der Waals surface area contributed by atoms with Gasteiger partial charge in [0.1, 0.15) is 17.1 Å². The molecular formula is C16H23NO3. The van der Waals surface area contributed by atoms with Crippen molar-refractivity contribution < 1.29 is 14.2 Å². The summed E-state index contributed by atoms with van der Waals surface area (Å²) >= 11 is 0. The standard InChI is InChI=1S/C16H23NO3/c1-17-14-11-16(6-3-8-19-9-7-16)20-15-5-4-12(18-2)10-13(14)15/h4-5,10,14,17H,3,6-9,11H2,1-2H3. The molecule has 1 spiro atoms. The minimum absolute atomic E-state index is 0.0776. The van der Waals surface area contributed by atoms with Crippen molar-refractivity contribution in [1.82, 2.24) is 5.32 Å². The third-order valence-electron chi connectivity index (χ3n) is 4.47. The van der Waals surface area contributed by atoms with Gasteiger partial charge in [-0.15, -0.1) is 0 Å². The number of ether oxygens (including phenoxy) is 3. The van der Waals surface area contributed by atoms with Crippen molar-refractivity contribution in [1.29, 1.82) is 0 Å². The molecule has 1 aromatic rings. The smallest absolute Gasteiger partial charge is 0.125 e. The summed E-state index contributed by atoms with van der Waals surface area (Å²) in [5, 5.41) is 3.43. The van der Waals surface area contributed by atoms with Gasteiger partial charge in [0.05, 0.1) is 13.7 Å². The molecule has 1 N–H and O–H groups in total. The van der Waals surface area contributed by atoms with Crippen LogP contribution < -0.4 is 14.8 Å². The summed E-state index contributed by atoms with van der Waals surface area (Å²) < 4.78 is 17.3. The van der Waals surface area contributed by atoms with Crippen molar-refractivity contribution >= 4 is 0 Å². The predicted molar refractivity (Wildman–Crippen MR) is 77.4 cm³/mol. The van der Waals surface area contributed by atoms with Gasteiger partial charge in [-0.1, -0.05) is 0 Å². The van der Waals surface area contributed by atoms with Gasteiger partial charge in [-0.3, -0.25) is 0 Å². The zero-order chi connectivity index (χ0) is 14.0. The minimum Gasteiger partial charge on any atom is -0.497 e. The lowest BCUT2D eigenvalue weighted by Crippen LogP contribution is -2.43. The van der Waals surface area contributed by atoms with Gasteiger partial charge in [0, 0.05) is 31.1 Å². The molecule has 1 fully saturated rings. The first-order valence-electron chi connectivity index (χ1n) is 7.38. The van der Waals surface area contributed by atoms with Crippen LogP contribution in [0.5, 0.6) is 11.5 Å². The Kier molecular flexibility index (Phi) is 3.85. The van der Waals surface area contributed by atoms with Gasteiger partial charge in [-0.25, -0.2) is 0 Å². The lowest BCUT2D eigenvalue weighted by Gasteiger charge is -2.41. The van der Waals surface area contributed by atoms with Crippen LogP contribution in [0, 0.1) is 0 Å². The second-order valence-corrected chi connectivity index (χ2v) is 5.70. The number of hydrogen-bond acceptors (Lipinski definition) is 4. The van der Waals surface area contributed by atoms with Gasteiger partial charge in [0.2, 0.25) is 0 Å². The molecule has 110 valence electrons. The van der Waals surface area contributed by atoms with Crippen LogP contribution in [0.15, 0.2) is 18.2 Å². The van der Waals surface area contributed by atoms with E-state index >= 15 is 0 Å². The fraction of sp³-hybridized carbons (Fsp3) is 0.625. The summed E-state index contributed by atoms with van der Waals surface area (Å²) in [7, 11) is 3.71. The lowest BCUT2D eigenvalue weighted by molar-refractivity contribution is 0.0116. The monoisotopic (exact) mass is 277 g/mol. The van der Waals surface area contributed by atoms with E-state index in [4.69, 9.17) is 14.2 Å². The SMILES string of the molecule is CNC1CC2(CCCOCC2)Oc2ccc(OC)cc21. The first-order valence-corrected chi connectivity index (χ1v) is 7.38. The Hall–Kier alpha value is -1.26. The summed E-state index contributed by atoms with van der Waals surface area (Å²) in [6, 6.07) is 6.39. The Morgan fingerprint density at radius 1 is 1.30 bits per heavy atom. The minimum atomic E-state index is -0.0776. The van der Waals surface area contributed by atoms with Gasteiger partial charge in [0.25, 0.3) is 0 Å². The second kappa shape index (κ2) is 5.62. The summed E-state index contributed by atoms with van der Waals surface area (Å²) in [5.41, 5.74) is 1.12. The molecule has 0 aliphatic carbocycles. The van der Waals surface area contributed by atoms with Gasteiger partial charge in [-0.05, 0) is 38.1 Å². The molecule has 2 heterocycles. The molecule has 0 amide bonds. The van der Waals surface area contributed by atoms with Gasteiger partial charge < -0.3 is 19.5 Å². The topological polar surface area (TPSA) is 39.7 Å². The van der Waals surface area contributed by atoms with Crippen LogP contribution in [-0.4, -0.2) is 33.0 Å². The van der Waals surface area contributed by atoms with Crippen LogP contribution in [0.1, 0.15) is 37.3 Å². The summed E-state index contributed by atoms with van der Waals surface area (Å²) in [6.07, 6.45) is 4.10. The molecule has 2 atom stereocenters. The molecule has 2 aliphatic rings. The Morgan fingerprint density at radius 3 is 3.00 bits per heavy atom. The molecule has 0 saturated carbocycles. The zero-order valence-electron chi connectivity index (χ0n) is 12.3. The van der Waals surface area contributed by atoms with E-state index in [-0.39, 0.29) is 5.60 Å². The average Bonchev–Trinajstić information content (AvgIpc) is 2.71. The summed E-state index contributed by atoms with van der Waals surface area (Å²) in [5.74, 6) is 1.87. The quantitative estimate of drug-likeness (QED) is 0.902. The maximum Gasteiger partial charge on any atom is 0.125 e. The second-order valence-electron chi connectivity index (χ2n) is 5.70. The van der Waals surface area contributed by atoms with Gasteiger partial charge in [0.15, 0.2) is 0 Å². The summed E-state index contributed by atoms with van der Waals surface area (Å²) in [4.78, 5) is 0. The van der Waals surface area contributed by atoms with Crippen molar-refractivity contribution in [3.05, 3.63) is 23.8 Å². The number of fused-ring (bicyclic) bond motifs is 1. The largest absolute Gasteiger partial charge is 0.497 e. The van der Waals surface area contributed by atoms with Crippen molar-refractivity contribution in [2.45, 2.75) is 37.3 Å². The van der Waals surface area contributed by atoms with Crippen molar-refractivity contribution in [2.24, 2.45) is 0 Å². The average molecular weight is 277 g/mol. The molecular weight excluding hydrogens is 254 g/mol. The van der Waals surface area contributed by atoms with Crippen LogP contribution in [-0.2, 0) is 4.74 Å². The molecule has 1 saturated heterocycles. The van der Waals surface area contributed by atoms with Crippen molar-refractivity contribution in [3.8, 4) is 11.5 Å². The normalized spacial score (nSPS) is 29.4. The molecule has 4 nitrogen and oxygen atoms in total. The molecule has 2 unspecified atom stereocenters. The third kappa shape index (κ3) is 2.50. The van der Waals surface area contributed by atoms with E-state index in [1.165, 1.54) is 5.56 Å². The zero-order valence-corrected chi connectivity index (χ0v) is 12.3. The molecule has 2 aliphatic heterocycles. The molecule has 0 radical (unpaired) electrons. The fourth-order valence-electron chi connectivity index (χ4n) is 3.32. The highest BCUT2D eigenvalue weighted by Gasteiger charge is 2.41. The first-order chi connectivity index (χ1) is 9.76. The van der Waals surface area contributed by atoms with E-state index in [0.717, 1.165) is 50.4 Å². The Bertz CT molecular complexity index is 467. The molecule has 1 aromatic carbocycles. The van der Waals surface area contributed by atoms with Crippen molar-refractivity contribution in [2.75, 3.05) is 27.4 Å². The predicted octanol–water partition coefficient (Wildman–Crippen LogP) is 2.68. The van der Waals surface area contributed by atoms with Gasteiger partial charge >= 0.3 is 0 Å². The lowest BCUT2D eigenvalue weighted by atomic mass is 9.82. The van der Waals surface area contributed by atoms with E-state index in [2.05, 4.69) is 11.4 Å². The van der Waals surface area contributed by atoms with Crippen LogP contribution in [0.4, 0.5) is 0 Å². The molecule has 20 heavy (non-hydrogen) atoms. The fourth-order valence-corrected chi connectivity index (χ4v) is 3.32. The molecule has 0 aromatic heterocycles. The summed E-state index contributed by atoms with van der Waals surface area (Å²) in [6.45, 7) is 1.65. The Labute approximate surface area is 120 Å². The number of rotatable bonds is 2.